The van der Waals surface area contributed by atoms with Crippen molar-refractivity contribution in [3.63, 3.8) is 0 Å². The Morgan fingerprint density at radius 3 is 2.18 bits per heavy atom. The van der Waals surface area contributed by atoms with Crippen LogP contribution in [0.15, 0.2) is 30.3 Å². The Balaban J connectivity index is 2.18. The number of hydrogen-bond acceptors (Lipinski definition) is 7. The number of carbonyl (C=O) groups is 5. The van der Waals surface area contributed by atoms with Gasteiger partial charge in [0.1, 0.15) is 18.1 Å². The van der Waals surface area contributed by atoms with Crippen LogP contribution in [-0.4, -0.2) is 76.3 Å². The molecule has 1 aromatic carbocycles. The second kappa shape index (κ2) is 13.6. The first-order chi connectivity index (χ1) is 16.2. The molecular formula is C22H30N4O7S. The van der Waals surface area contributed by atoms with Crippen LogP contribution in [0.5, 0.6) is 0 Å². The van der Waals surface area contributed by atoms with E-state index in [1.807, 2.05) is 0 Å². The monoisotopic (exact) mass is 494 g/mol. The fourth-order valence-corrected chi connectivity index (χ4v) is 3.75. The Morgan fingerprint density at radius 1 is 0.971 bits per heavy atom. The Hall–Kier alpha value is -3.12. The van der Waals surface area contributed by atoms with Gasteiger partial charge in [-0.05, 0) is 31.4 Å². The summed E-state index contributed by atoms with van der Waals surface area (Å²) in [4.78, 5) is 60.8. The highest BCUT2D eigenvalue weighted by Gasteiger charge is 2.31. The van der Waals surface area contributed by atoms with Crippen molar-refractivity contribution in [2.24, 2.45) is 0 Å². The molecule has 0 aromatic heterocycles. The van der Waals surface area contributed by atoms with Crippen LogP contribution < -0.4 is 21.3 Å². The van der Waals surface area contributed by atoms with Gasteiger partial charge in [0, 0.05) is 18.6 Å². The van der Waals surface area contributed by atoms with E-state index in [-0.39, 0.29) is 25.0 Å². The molecule has 1 aromatic rings. The molecule has 6 N–H and O–H groups in total. The molecule has 0 aliphatic carbocycles. The van der Waals surface area contributed by atoms with Crippen molar-refractivity contribution in [2.45, 2.75) is 56.3 Å². The summed E-state index contributed by atoms with van der Waals surface area (Å²) < 4.78 is 0. The molecule has 0 radical (unpaired) electrons. The van der Waals surface area contributed by atoms with Crippen LogP contribution in [0.2, 0.25) is 0 Å². The third-order valence-electron chi connectivity index (χ3n) is 5.37. The van der Waals surface area contributed by atoms with Gasteiger partial charge in [-0.25, -0.2) is 4.79 Å². The summed E-state index contributed by atoms with van der Waals surface area (Å²) in [5.74, 6) is -4.46. The Kier molecular flexibility index (Phi) is 10.8. The highest BCUT2D eigenvalue weighted by Crippen LogP contribution is 2.09. The van der Waals surface area contributed by atoms with Crippen LogP contribution in [0.1, 0.15) is 31.2 Å². The van der Waals surface area contributed by atoms with Gasteiger partial charge in [0.2, 0.25) is 17.7 Å². The van der Waals surface area contributed by atoms with E-state index in [1.165, 1.54) is 0 Å². The molecule has 186 valence electrons. The summed E-state index contributed by atoms with van der Waals surface area (Å²) in [5, 5.41) is 28.8. The van der Waals surface area contributed by atoms with E-state index >= 15 is 0 Å². The number of carboxylic acid groups (broad SMARTS) is 2. The van der Waals surface area contributed by atoms with Gasteiger partial charge in [-0.3, -0.25) is 19.2 Å². The lowest BCUT2D eigenvalue weighted by molar-refractivity contribution is -0.141. The van der Waals surface area contributed by atoms with Gasteiger partial charge in [0.05, 0.1) is 6.04 Å². The molecule has 4 unspecified atom stereocenters. The predicted molar refractivity (Wildman–Crippen MR) is 125 cm³/mol. The quantitative estimate of drug-likeness (QED) is 0.177. The standard InChI is InChI=1S/C22H30N4O7S/c27-18(28)9-8-15(24-19(29)14-7-4-10-23-14)20(30)25-16(11-13-5-2-1-3-6-13)21(31)26-17(12-34)22(32)33/h1-3,5-6,14-17,23,34H,4,7-12H2,(H,24,29)(H,25,30)(H,26,31)(H,27,28)(H,32,33). The van der Waals surface area contributed by atoms with Crippen molar-refractivity contribution in [1.82, 2.24) is 21.3 Å². The number of carbonyl (C=O) groups excluding carboxylic acids is 3. The number of aliphatic carboxylic acids is 2. The summed E-state index contributed by atoms with van der Waals surface area (Å²) in [6.07, 6.45) is 0.916. The third kappa shape index (κ3) is 8.67. The highest BCUT2D eigenvalue weighted by atomic mass is 32.1. The SMILES string of the molecule is O=C(O)CCC(NC(=O)C1CCCN1)C(=O)NC(Cc1ccccc1)C(=O)NC(CS)C(=O)O. The minimum Gasteiger partial charge on any atom is -0.481 e. The van der Waals surface area contributed by atoms with Crippen molar-refractivity contribution >= 4 is 42.3 Å². The van der Waals surface area contributed by atoms with Gasteiger partial charge < -0.3 is 31.5 Å². The smallest absolute Gasteiger partial charge is 0.327 e. The molecule has 3 amide bonds. The predicted octanol–water partition coefficient (Wildman–Crippen LogP) is -0.685. The first-order valence-electron chi connectivity index (χ1n) is 10.9. The lowest BCUT2D eigenvalue weighted by Gasteiger charge is -2.25. The zero-order valence-corrected chi connectivity index (χ0v) is 19.4. The van der Waals surface area contributed by atoms with E-state index in [1.54, 1.807) is 30.3 Å². The largest absolute Gasteiger partial charge is 0.481 e. The molecule has 1 saturated heterocycles. The van der Waals surface area contributed by atoms with Gasteiger partial charge in [-0.2, -0.15) is 12.6 Å². The second-order valence-corrected chi connectivity index (χ2v) is 8.34. The van der Waals surface area contributed by atoms with Crippen LogP contribution in [-0.2, 0) is 30.4 Å². The van der Waals surface area contributed by atoms with Crippen LogP contribution in [0.3, 0.4) is 0 Å². The summed E-state index contributed by atoms with van der Waals surface area (Å²) in [5.41, 5.74) is 0.710. The average molecular weight is 495 g/mol. The minimum atomic E-state index is -1.27. The van der Waals surface area contributed by atoms with Gasteiger partial charge in [0.25, 0.3) is 0 Å². The Bertz CT molecular complexity index is 877. The Labute approximate surface area is 202 Å². The number of benzene rings is 1. The highest BCUT2D eigenvalue weighted by molar-refractivity contribution is 7.80. The lowest BCUT2D eigenvalue weighted by Crippen LogP contribution is -2.57. The molecule has 11 nitrogen and oxygen atoms in total. The molecule has 2 rings (SSSR count). The van der Waals surface area contributed by atoms with E-state index in [4.69, 9.17) is 5.11 Å². The molecule has 0 bridgehead atoms. The zero-order valence-electron chi connectivity index (χ0n) is 18.5. The molecule has 4 atom stereocenters. The van der Waals surface area contributed by atoms with Crippen molar-refractivity contribution in [2.75, 3.05) is 12.3 Å². The molecule has 0 saturated carbocycles. The van der Waals surface area contributed by atoms with E-state index in [0.29, 0.717) is 18.5 Å². The van der Waals surface area contributed by atoms with Crippen LogP contribution in [0.25, 0.3) is 0 Å². The maximum absolute atomic E-state index is 13.0. The van der Waals surface area contributed by atoms with Gasteiger partial charge >= 0.3 is 11.9 Å². The van der Waals surface area contributed by atoms with Crippen molar-refractivity contribution in [3.05, 3.63) is 35.9 Å². The molecule has 0 spiro atoms. The summed E-state index contributed by atoms with van der Waals surface area (Å²) in [7, 11) is 0. The summed E-state index contributed by atoms with van der Waals surface area (Å²) >= 11 is 3.93. The number of carboxylic acids is 2. The normalized spacial score (nSPS) is 17.7. The fraction of sp³-hybridized carbons (Fsp3) is 0.500. The number of nitrogens with one attached hydrogen (secondary N) is 4. The average Bonchev–Trinajstić information content (AvgIpc) is 3.35. The van der Waals surface area contributed by atoms with Gasteiger partial charge in [0.15, 0.2) is 0 Å². The van der Waals surface area contributed by atoms with E-state index in [0.717, 1.165) is 6.42 Å². The third-order valence-corrected chi connectivity index (χ3v) is 5.73. The maximum atomic E-state index is 13.0. The summed E-state index contributed by atoms with van der Waals surface area (Å²) in [6, 6.07) is 4.70. The number of hydrogen-bond donors (Lipinski definition) is 7. The van der Waals surface area contributed by atoms with E-state index in [2.05, 4.69) is 33.9 Å². The number of thiol groups is 1. The van der Waals surface area contributed by atoms with Gasteiger partial charge in [-0.15, -0.1) is 0 Å². The van der Waals surface area contributed by atoms with E-state index in [9.17, 15) is 29.1 Å². The molecule has 12 heteroatoms. The second-order valence-electron chi connectivity index (χ2n) is 7.98. The topological polar surface area (TPSA) is 174 Å². The summed E-state index contributed by atoms with van der Waals surface area (Å²) in [6.45, 7) is 0.666. The minimum absolute atomic E-state index is 0.0566. The van der Waals surface area contributed by atoms with Crippen LogP contribution in [0, 0.1) is 0 Å². The Morgan fingerprint density at radius 2 is 1.62 bits per heavy atom. The molecule has 34 heavy (non-hydrogen) atoms. The lowest BCUT2D eigenvalue weighted by atomic mass is 10.0. The first kappa shape index (κ1) is 27.1. The number of amides is 3. The maximum Gasteiger partial charge on any atom is 0.327 e. The molecule has 1 aliphatic rings. The van der Waals surface area contributed by atoms with E-state index < -0.39 is 53.8 Å². The van der Waals surface area contributed by atoms with Crippen LogP contribution in [0.4, 0.5) is 0 Å². The first-order valence-corrected chi connectivity index (χ1v) is 11.6. The fourth-order valence-electron chi connectivity index (χ4n) is 3.51. The van der Waals surface area contributed by atoms with Crippen molar-refractivity contribution < 1.29 is 34.2 Å². The van der Waals surface area contributed by atoms with Crippen molar-refractivity contribution in [1.29, 1.82) is 0 Å². The molecule has 1 aliphatic heterocycles. The number of rotatable bonds is 13. The van der Waals surface area contributed by atoms with Crippen LogP contribution >= 0.6 is 12.6 Å². The zero-order chi connectivity index (χ0) is 25.1. The van der Waals surface area contributed by atoms with Crippen molar-refractivity contribution in [3.8, 4) is 0 Å². The molecular weight excluding hydrogens is 464 g/mol. The molecule has 1 heterocycles. The molecule has 1 fully saturated rings. The van der Waals surface area contributed by atoms with Gasteiger partial charge in [-0.1, -0.05) is 30.3 Å².